The van der Waals surface area contributed by atoms with Crippen LogP contribution in [0.3, 0.4) is 0 Å². The van der Waals surface area contributed by atoms with Crippen LogP contribution in [0, 0.1) is 11.7 Å². The third kappa shape index (κ3) is 2.54. The maximum atomic E-state index is 13.5. The van der Waals surface area contributed by atoms with Gasteiger partial charge in [-0.15, -0.1) is 10.2 Å². The van der Waals surface area contributed by atoms with Crippen molar-refractivity contribution < 1.29 is 4.39 Å². The Hall–Kier alpha value is -1.23. The summed E-state index contributed by atoms with van der Waals surface area (Å²) < 4.78 is 15.8. The zero-order chi connectivity index (χ0) is 12.4. The summed E-state index contributed by atoms with van der Waals surface area (Å²) in [6.07, 6.45) is 1.67. The lowest BCUT2D eigenvalue weighted by Crippen LogP contribution is -2.05. The van der Waals surface area contributed by atoms with Gasteiger partial charge in [0.05, 0.1) is 4.47 Å². The van der Waals surface area contributed by atoms with Crippen LogP contribution in [0.4, 0.5) is 4.39 Å². The van der Waals surface area contributed by atoms with Crippen LogP contribution < -0.4 is 0 Å². The maximum absolute atomic E-state index is 13.5. The van der Waals surface area contributed by atoms with Crippen LogP contribution >= 0.6 is 15.9 Å². The minimum absolute atomic E-state index is 0.290. The summed E-state index contributed by atoms with van der Waals surface area (Å²) in [7, 11) is 0. The molecule has 5 heteroatoms. The predicted molar refractivity (Wildman–Crippen MR) is 68.0 cm³/mol. The fraction of sp³-hybridized carbons (Fsp3) is 0.333. The summed E-state index contributed by atoms with van der Waals surface area (Å²) in [5.74, 6) is 0.878. The van der Waals surface area contributed by atoms with Crippen molar-refractivity contribution >= 4 is 15.9 Å². The summed E-state index contributed by atoms with van der Waals surface area (Å²) in [6, 6.07) is 4.91. The smallest absolute Gasteiger partial charge is 0.164 e. The van der Waals surface area contributed by atoms with Crippen molar-refractivity contribution in [1.82, 2.24) is 14.8 Å². The predicted octanol–water partition coefficient (Wildman–Crippen LogP) is 3.50. The summed E-state index contributed by atoms with van der Waals surface area (Å²) >= 11 is 3.25. The molecule has 0 saturated carbocycles. The molecule has 0 aliphatic rings. The highest BCUT2D eigenvalue weighted by atomic mass is 79.9. The molecule has 0 N–H and O–H groups in total. The van der Waals surface area contributed by atoms with Crippen molar-refractivity contribution in [2.24, 2.45) is 5.92 Å². The summed E-state index contributed by atoms with van der Waals surface area (Å²) in [6.45, 7) is 5.04. The molecule has 0 aliphatic heterocycles. The van der Waals surface area contributed by atoms with Crippen LogP contribution in [0.2, 0.25) is 0 Å². The van der Waals surface area contributed by atoms with E-state index < -0.39 is 0 Å². The molecule has 0 spiro atoms. The van der Waals surface area contributed by atoms with Gasteiger partial charge >= 0.3 is 0 Å². The maximum Gasteiger partial charge on any atom is 0.164 e. The van der Waals surface area contributed by atoms with Gasteiger partial charge in [-0.2, -0.15) is 0 Å². The molecule has 0 amide bonds. The molecule has 1 aromatic heterocycles. The minimum Gasteiger partial charge on any atom is -0.313 e. The van der Waals surface area contributed by atoms with E-state index in [2.05, 4.69) is 40.0 Å². The highest BCUT2D eigenvalue weighted by Gasteiger charge is 2.13. The van der Waals surface area contributed by atoms with Gasteiger partial charge in [-0.05, 0) is 34.0 Å². The van der Waals surface area contributed by atoms with Gasteiger partial charge in [-0.3, -0.25) is 0 Å². The molecule has 17 heavy (non-hydrogen) atoms. The van der Waals surface area contributed by atoms with Crippen molar-refractivity contribution in [3.63, 3.8) is 0 Å². The quantitative estimate of drug-likeness (QED) is 0.868. The second-order valence-electron chi connectivity index (χ2n) is 4.30. The molecule has 0 radical (unpaired) electrons. The van der Waals surface area contributed by atoms with Crippen LogP contribution in [0.15, 0.2) is 29.0 Å². The van der Waals surface area contributed by atoms with E-state index in [4.69, 9.17) is 0 Å². The Morgan fingerprint density at radius 2 is 2.18 bits per heavy atom. The van der Waals surface area contributed by atoms with Gasteiger partial charge in [0.25, 0.3) is 0 Å². The van der Waals surface area contributed by atoms with Crippen molar-refractivity contribution in [1.29, 1.82) is 0 Å². The zero-order valence-corrected chi connectivity index (χ0v) is 11.3. The first-order valence-electron chi connectivity index (χ1n) is 5.41. The van der Waals surface area contributed by atoms with Gasteiger partial charge in [-0.25, -0.2) is 4.39 Å². The molecule has 0 aliphatic carbocycles. The van der Waals surface area contributed by atoms with E-state index in [0.29, 0.717) is 16.2 Å². The number of aromatic nitrogens is 3. The van der Waals surface area contributed by atoms with Crippen molar-refractivity contribution in [2.45, 2.75) is 20.4 Å². The number of benzene rings is 1. The Kier molecular flexibility index (Phi) is 3.57. The number of rotatable bonds is 3. The Morgan fingerprint density at radius 3 is 2.88 bits per heavy atom. The largest absolute Gasteiger partial charge is 0.313 e. The summed E-state index contributed by atoms with van der Waals surface area (Å²) in [5, 5.41) is 7.95. The summed E-state index contributed by atoms with van der Waals surface area (Å²) in [4.78, 5) is 0. The first kappa shape index (κ1) is 12.2. The third-order valence-corrected chi connectivity index (χ3v) is 3.18. The molecule has 0 bridgehead atoms. The lowest BCUT2D eigenvalue weighted by atomic mass is 10.2. The molecule has 3 nitrogen and oxygen atoms in total. The standard InChI is InChI=1S/C12H13BrFN3/c1-8(2)6-17-7-15-16-12(17)9-4-3-5-10(14)11(9)13/h3-5,7-8H,6H2,1-2H3. The molecule has 2 aromatic rings. The van der Waals surface area contributed by atoms with Gasteiger partial charge in [0, 0.05) is 12.1 Å². The average Bonchev–Trinajstić information content (AvgIpc) is 2.69. The molecule has 90 valence electrons. The van der Waals surface area contributed by atoms with Crippen LogP contribution in [-0.4, -0.2) is 14.8 Å². The monoisotopic (exact) mass is 297 g/mol. The molecule has 1 heterocycles. The lowest BCUT2D eigenvalue weighted by Gasteiger charge is -2.10. The van der Waals surface area contributed by atoms with E-state index in [1.54, 1.807) is 12.4 Å². The molecular weight excluding hydrogens is 285 g/mol. The van der Waals surface area contributed by atoms with E-state index in [9.17, 15) is 4.39 Å². The molecule has 0 atom stereocenters. The fourth-order valence-corrected chi connectivity index (χ4v) is 2.11. The summed E-state index contributed by atoms with van der Waals surface area (Å²) in [5.41, 5.74) is 0.725. The van der Waals surface area contributed by atoms with E-state index in [-0.39, 0.29) is 5.82 Å². The molecule has 0 fully saturated rings. The van der Waals surface area contributed by atoms with Crippen molar-refractivity contribution in [3.05, 3.63) is 34.8 Å². The zero-order valence-electron chi connectivity index (χ0n) is 9.69. The highest BCUT2D eigenvalue weighted by molar-refractivity contribution is 9.10. The molecular formula is C12H13BrFN3. The molecule has 0 unspecified atom stereocenters. The van der Waals surface area contributed by atoms with E-state index in [1.807, 2.05) is 10.6 Å². The topological polar surface area (TPSA) is 30.7 Å². The SMILES string of the molecule is CC(C)Cn1cnnc1-c1cccc(F)c1Br. The molecule has 2 rings (SSSR count). The lowest BCUT2D eigenvalue weighted by molar-refractivity contribution is 0.525. The first-order chi connectivity index (χ1) is 8.09. The van der Waals surface area contributed by atoms with Gasteiger partial charge in [0.15, 0.2) is 5.82 Å². The van der Waals surface area contributed by atoms with Gasteiger partial charge in [0.2, 0.25) is 0 Å². The molecule has 0 saturated heterocycles. The van der Waals surface area contributed by atoms with Crippen LogP contribution in [0.25, 0.3) is 11.4 Å². The normalized spacial score (nSPS) is 11.1. The van der Waals surface area contributed by atoms with Gasteiger partial charge < -0.3 is 4.57 Å². The van der Waals surface area contributed by atoms with Crippen molar-refractivity contribution in [2.75, 3.05) is 0 Å². The number of hydrogen-bond donors (Lipinski definition) is 0. The number of nitrogens with zero attached hydrogens (tertiary/aromatic N) is 3. The van der Waals surface area contributed by atoms with Gasteiger partial charge in [0.1, 0.15) is 12.1 Å². The minimum atomic E-state index is -0.290. The van der Waals surface area contributed by atoms with Crippen LogP contribution in [-0.2, 0) is 6.54 Å². The second-order valence-corrected chi connectivity index (χ2v) is 5.10. The average molecular weight is 298 g/mol. The van der Waals surface area contributed by atoms with Gasteiger partial charge in [-0.1, -0.05) is 19.9 Å². The Bertz CT molecular complexity index is 522. The Balaban J connectivity index is 2.46. The van der Waals surface area contributed by atoms with E-state index >= 15 is 0 Å². The van der Waals surface area contributed by atoms with Crippen LogP contribution in [0.1, 0.15) is 13.8 Å². The number of halogens is 2. The Morgan fingerprint density at radius 1 is 1.41 bits per heavy atom. The number of hydrogen-bond acceptors (Lipinski definition) is 2. The Labute approximate surface area is 108 Å². The highest BCUT2D eigenvalue weighted by Crippen LogP contribution is 2.29. The fourth-order valence-electron chi connectivity index (χ4n) is 1.67. The first-order valence-corrected chi connectivity index (χ1v) is 6.21. The van der Waals surface area contributed by atoms with Crippen molar-refractivity contribution in [3.8, 4) is 11.4 Å². The molecule has 1 aromatic carbocycles. The van der Waals surface area contributed by atoms with Crippen LogP contribution in [0.5, 0.6) is 0 Å². The second kappa shape index (κ2) is 4.96. The van der Waals surface area contributed by atoms with E-state index in [0.717, 1.165) is 12.1 Å². The third-order valence-electron chi connectivity index (χ3n) is 2.37. The van der Waals surface area contributed by atoms with E-state index in [1.165, 1.54) is 6.07 Å².